The van der Waals surface area contributed by atoms with Crippen LogP contribution in [0.2, 0.25) is 0 Å². The maximum Gasteiger partial charge on any atom is 0.192 e. The summed E-state index contributed by atoms with van der Waals surface area (Å²) < 4.78 is 11.0. The third-order valence-corrected chi connectivity index (χ3v) is 5.79. The minimum absolute atomic E-state index is 0.351. The molecule has 0 bridgehead atoms. The molecule has 1 aliphatic heterocycles. The van der Waals surface area contributed by atoms with Crippen LogP contribution in [0.5, 0.6) is 11.5 Å². The fraction of sp³-hybridized carbons (Fsp3) is 0.600. The Balaban J connectivity index is 2.07. The third-order valence-electron chi connectivity index (χ3n) is 5.79. The smallest absolute Gasteiger partial charge is 0.192 e. The normalized spacial score (nSPS) is 25.8. The maximum atomic E-state index is 6.44. The summed E-state index contributed by atoms with van der Waals surface area (Å²) >= 11 is 0. The van der Waals surface area contributed by atoms with Crippen molar-refractivity contribution >= 4 is 12.1 Å². The number of methoxy groups -OCH3 is 2. The summed E-state index contributed by atoms with van der Waals surface area (Å²) in [6, 6.07) is 4.15. The first-order valence-corrected chi connectivity index (χ1v) is 9.29. The number of benzene rings is 1. The van der Waals surface area contributed by atoms with Crippen LogP contribution in [-0.4, -0.2) is 32.6 Å². The van der Waals surface area contributed by atoms with E-state index in [0.29, 0.717) is 17.7 Å². The zero-order chi connectivity index (χ0) is 18.9. The fourth-order valence-corrected chi connectivity index (χ4v) is 4.03. The number of nitrogens with two attached hydrogens (primary N) is 2. The molecule has 26 heavy (non-hydrogen) atoms. The summed E-state index contributed by atoms with van der Waals surface area (Å²) in [4.78, 5) is 8.82. The molecule has 1 aliphatic carbocycles. The van der Waals surface area contributed by atoms with E-state index in [1.165, 1.54) is 17.5 Å². The molecule has 1 fully saturated rings. The van der Waals surface area contributed by atoms with Crippen molar-refractivity contribution in [3.63, 3.8) is 0 Å². The van der Waals surface area contributed by atoms with Gasteiger partial charge in [0, 0.05) is 6.21 Å². The van der Waals surface area contributed by atoms with E-state index in [2.05, 4.69) is 36.0 Å². The van der Waals surface area contributed by atoms with E-state index in [0.717, 1.165) is 30.8 Å². The Morgan fingerprint density at radius 1 is 1.19 bits per heavy atom. The number of ether oxygens (including phenoxy) is 2. The maximum absolute atomic E-state index is 6.44. The third kappa shape index (κ3) is 3.18. The number of amidine groups is 1. The van der Waals surface area contributed by atoms with E-state index < -0.39 is 6.29 Å². The van der Waals surface area contributed by atoms with Gasteiger partial charge in [-0.2, -0.15) is 0 Å². The molecular formula is C20H30N4O2. The first kappa shape index (κ1) is 18.7. The molecule has 0 aromatic heterocycles. The number of aliphatic imine (C=N–C) groups is 2. The molecule has 2 unspecified atom stereocenters. The van der Waals surface area contributed by atoms with Crippen LogP contribution in [0.3, 0.4) is 0 Å². The lowest BCUT2D eigenvalue weighted by Gasteiger charge is -2.44. The molecule has 0 amide bonds. The average Bonchev–Trinajstić information content (AvgIpc) is 2.56. The van der Waals surface area contributed by atoms with Crippen molar-refractivity contribution in [1.82, 2.24) is 0 Å². The molecular weight excluding hydrogens is 328 g/mol. The van der Waals surface area contributed by atoms with Crippen LogP contribution in [0.25, 0.3) is 0 Å². The van der Waals surface area contributed by atoms with E-state index in [1.807, 2.05) is 6.21 Å². The summed E-state index contributed by atoms with van der Waals surface area (Å²) in [7, 11) is 3.33. The Bertz CT molecular complexity index is 725. The van der Waals surface area contributed by atoms with Gasteiger partial charge in [0.05, 0.1) is 19.6 Å². The Hall–Kier alpha value is -2.08. The van der Waals surface area contributed by atoms with Crippen molar-refractivity contribution in [3.05, 3.63) is 23.3 Å². The summed E-state index contributed by atoms with van der Waals surface area (Å²) in [6.07, 6.45) is 5.63. The molecule has 1 heterocycles. The van der Waals surface area contributed by atoms with Gasteiger partial charge >= 0.3 is 0 Å². The second-order valence-corrected chi connectivity index (χ2v) is 7.61. The second kappa shape index (κ2) is 7.27. The van der Waals surface area contributed by atoms with Gasteiger partial charge in [-0.05, 0) is 54.4 Å². The molecule has 6 heteroatoms. The average molecular weight is 358 g/mol. The van der Waals surface area contributed by atoms with E-state index in [1.54, 1.807) is 14.2 Å². The van der Waals surface area contributed by atoms with Crippen LogP contribution in [0.1, 0.15) is 50.2 Å². The standard InChI is InChI=1S/C20H30N4O2/c1-12(2)15-9-17(26-4)16(25-3)8-13(15)10-20(14-6-5-7-14)11-23-19(22)24-18(20)21/h8-9,11-12,14,19H,5-7,10,22H2,1-4H3,(H2,21,24). The van der Waals surface area contributed by atoms with Crippen LogP contribution in [-0.2, 0) is 6.42 Å². The Kier molecular flexibility index (Phi) is 5.23. The van der Waals surface area contributed by atoms with Gasteiger partial charge in [0.1, 0.15) is 5.84 Å². The summed E-state index contributed by atoms with van der Waals surface area (Å²) in [5, 5.41) is 0. The molecule has 1 saturated carbocycles. The first-order chi connectivity index (χ1) is 12.4. The number of rotatable bonds is 6. The first-order valence-electron chi connectivity index (χ1n) is 9.29. The molecule has 1 aromatic carbocycles. The van der Waals surface area contributed by atoms with Gasteiger partial charge < -0.3 is 15.2 Å². The molecule has 6 nitrogen and oxygen atoms in total. The Morgan fingerprint density at radius 3 is 2.35 bits per heavy atom. The molecule has 0 spiro atoms. The van der Waals surface area contributed by atoms with Crippen molar-refractivity contribution in [3.8, 4) is 11.5 Å². The lowest BCUT2D eigenvalue weighted by Crippen LogP contribution is -2.52. The van der Waals surface area contributed by atoms with Gasteiger partial charge in [0.2, 0.25) is 0 Å². The van der Waals surface area contributed by atoms with Crippen LogP contribution in [0.15, 0.2) is 22.1 Å². The van der Waals surface area contributed by atoms with E-state index in [4.69, 9.17) is 20.9 Å². The lowest BCUT2D eigenvalue weighted by atomic mass is 9.61. The predicted molar refractivity (Wildman–Crippen MR) is 105 cm³/mol. The lowest BCUT2D eigenvalue weighted by molar-refractivity contribution is 0.210. The molecule has 0 saturated heterocycles. The van der Waals surface area contributed by atoms with Gasteiger partial charge in [-0.15, -0.1) is 0 Å². The molecule has 0 radical (unpaired) electrons. The molecule has 3 rings (SSSR count). The second-order valence-electron chi connectivity index (χ2n) is 7.61. The van der Waals surface area contributed by atoms with Gasteiger partial charge in [-0.1, -0.05) is 20.3 Å². The summed E-state index contributed by atoms with van der Waals surface area (Å²) in [5.74, 6) is 2.89. The monoisotopic (exact) mass is 358 g/mol. The van der Waals surface area contributed by atoms with E-state index >= 15 is 0 Å². The van der Waals surface area contributed by atoms with Gasteiger partial charge in [-0.25, -0.2) is 4.99 Å². The van der Waals surface area contributed by atoms with Crippen molar-refractivity contribution in [2.24, 2.45) is 32.8 Å². The Morgan fingerprint density at radius 2 is 1.85 bits per heavy atom. The van der Waals surface area contributed by atoms with Gasteiger partial charge in [0.25, 0.3) is 0 Å². The van der Waals surface area contributed by atoms with Gasteiger partial charge in [0.15, 0.2) is 17.8 Å². The highest BCUT2D eigenvalue weighted by Crippen LogP contribution is 2.46. The van der Waals surface area contributed by atoms with Crippen molar-refractivity contribution in [1.29, 1.82) is 0 Å². The molecule has 1 aromatic rings. The van der Waals surface area contributed by atoms with E-state index in [-0.39, 0.29) is 5.41 Å². The molecule has 2 atom stereocenters. The number of hydrogen-bond donors (Lipinski definition) is 2. The van der Waals surface area contributed by atoms with Crippen molar-refractivity contribution < 1.29 is 9.47 Å². The predicted octanol–water partition coefficient (Wildman–Crippen LogP) is 2.84. The minimum atomic E-state index is -0.585. The van der Waals surface area contributed by atoms with Crippen LogP contribution in [0, 0.1) is 11.3 Å². The van der Waals surface area contributed by atoms with Crippen LogP contribution in [0.4, 0.5) is 0 Å². The Labute approximate surface area is 155 Å². The largest absolute Gasteiger partial charge is 0.493 e. The van der Waals surface area contributed by atoms with Crippen LogP contribution < -0.4 is 20.9 Å². The molecule has 4 N–H and O–H groups in total. The quantitative estimate of drug-likeness (QED) is 0.817. The SMILES string of the molecule is COc1cc(CC2(C3CCC3)C=NC(N)N=C2N)c(C(C)C)cc1OC. The van der Waals surface area contributed by atoms with Crippen LogP contribution >= 0.6 is 0 Å². The molecule has 142 valence electrons. The minimum Gasteiger partial charge on any atom is -0.493 e. The highest BCUT2D eigenvalue weighted by molar-refractivity contribution is 6.03. The number of nitrogens with zero attached hydrogens (tertiary/aromatic N) is 2. The zero-order valence-corrected chi connectivity index (χ0v) is 16.2. The van der Waals surface area contributed by atoms with Crippen molar-refractivity contribution in [2.75, 3.05) is 14.2 Å². The fourth-order valence-electron chi connectivity index (χ4n) is 4.03. The van der Waals surface area contributed by atoms with Gasteiger partial charge in [-0.3, -0.25) is 10.7 Å². The summed E-state index contributed by atoms with van der Waals surface area (Å²) in [6.45, 7) is 4.37. The topological polar surface area (TPSA) is 95.2 Å². The van der Waals surface area contributed by atoms with Crippen molar-refractivity contribution in [2.45, 2.75) is 51.7 Å². The van der Waals surface area contributed by atoms with E-state index in [9.17, 15) is 0 Å². The zero-order valence-electron chi connectivity index (χ0n) is 16.2. The summed E-state index contributed by atoms with van der Waals surface area (Å²) in [5.41, 5.74) is 14.4. The highest BCUT2D eigenvalue weighted by atomic mass is 16.5. The highest BCUT2D eigenvalue weighted by Gasteiger charge is 2.46. The molecule has 2 aliphatic rings. The number of hydrogen-bond acceptors (Lipinski definition) is 6.